The molecule has 4 heteroatoms. The van der Waals surface area contributed by atoms with Crippen molar-refractivity contribution < 1.29 is 4.39 Å². The van der Waals surface area contributed by atoms with Crippen LogP contribution in [-0.4, -0.2) is 32.1 Å². The summed E-state index contributed by atoms with van der Waals surface area (Å²) in [5, 5.41) is 3.38. The van der Waals surface area contributed by atoms with Crippen LogP contribution in [0.3, 0.4) is 0 Å². The number of likely N-dealkylation sites (N-methyl/N-ethyl adjacent to an activating group) is 1. The van der Waals surface area contributed by atoms with E-state index >= 15 is 0 Å². The van der Waals surface area contributed by atoms with Gasteiger partial charge in [-0.15, -0.1) is 0 Å². The Bertz CT molecular complexity index is 282. The van der Waals surface area contributed by atoms with Crippen LogP contribution in [0.4, 0.5) is 10.1 Å². The summed E-state index contributed by atoms with van der Waals surface area (Å²) < 4.78 is 13.2. The topological polar surface area (TPSA) is 15.3 Å². The first-order chi connectivity index (χ1) is 6.61. The Morgan fingerprint density at radius 3 is 2.71 bits per heavy atom. The lowest BCUT2D eigenvalue weighted by Gasteiger charge is -2.12. The van der Waals surface area contributed by atoms with E-state index in [1.54, 1.807) is 12.1 Å². The first-order valence-electron chi connectivity index (χ1n) is 4.44. The van der Waals surface area contributed by atoms with Crippen LogP contribution in [0.1, 0.15) is 0 Å². The maximum atomic E-state index is 13.2. The molecule has 0 saturated carbocycles. The second-order valence-corrected chi connectivity index (χ2v) is 3.73. The molecule has 0 aliphatic rings. The molecule has 0 saturated heterocycles. The zero-order valence-corrected chi connectivity index (χ0v) is 9.11. The molecule has 1 rings (SSSR count). The molecule has 0 radical (unpaired) electrons. The number of halogens is 2. The van der Waals surface area contributed by atoms with E-state index < -0.39 is 0 Å². The normalized spacial score (nSPS) is 10.6. The van der Waals surface area contributed by atoms with E-state index in [0.717, 1.165) is 6.54 Å². The predicted octanol–water partition coefficient (Wildman–Crippen LogP) is 2.45. The van der Waals surface area contributed by atoms with Gasteiger partial charge < -0.3 is 10.2 Å². The van der Waals surface area contributed by atoms with Crippen molar-refractivity contribution in [3.05, 3.63) is 29.0 Å². The van der Waals surface area contributed by atoms with Crippen LogP contribution in [0.25, 0.3) is 0 Å². The van der Waals surface area contributed by atoms with Gasteiger partial charge in [-0.1, -0.05) is 17.7 Å². The van der Waals surface area contributed by atoms with Crippen LogP contribution in [-0.2, 0) is 0 Å². The lowest BCUT2D eigenvalue weighted by Crippen LogP contribution is -2.21. The molecule has 2 nitrogen and oxygen atoms in total. The molecule has 14 heavy (non-hydrogen) atoms. The zero-order chi connectivity index (χ0) is 10.6. The standard InChI is InChI=1S/C10H14ClFN2/c1-14(2)7-6-13-10-8(11)4-3-5-9(10)12/h3-5,13H,6-7H2,1-2H3. The monoisotopic (exact) mass is 216 g/mol. The molecule has 0 aliphatic heterocycles. The molecule has 1 aromatic carbocycles. The van der Waals surface area contributed by atoms with Crippen LogP contribution in [0.15, 0.2) is 18.2 Å². The number of benzene rings is 1. The molecule has 1 aromatic rings. The molecule has 0 heterocycles. The van der Waals surface area contributed by atoms with Crippen molar-refractivity contribution in [2.24, 2.45) is 0 Å². The largest absolute Gasteiger partial charge is 0.380 e. The number of nitrogens with zero attached hydrogens (tertiary/aromatic N) is 1. The number of anilines is 1. The molecular formula is C10H14ClFN2. The third-order valence-corrected chi connectivity index (χ3v) is 2.14. The van der Waals surface area contributed by atoms with Crippen LogP contribution in [0.2, 0.25) is 5.02 Å². The van der Waals surface area contributed by atoms with Crippen molar-refractivity contribution in [3.8, 4) is 0 Å². The Balaban J connectivity index is 2.58. The van der Waals surface area contributed by atoms with Crippen LogP contribution in [0, 0.1) is 5.82 Å². The number of nitrogens with one attached hydrogen (secondary N) is 1. The molecule has 0 aliphatic carbocycles. The third kappa shape index (κ3) is 3.16. The predicted molar refractivity (Wildman–Crippen MR) is 58.5 cm³/mol. The fourth-order valence-corrected chi connectivity index (χ4v) is 1.30. The Kier molecular flexibility index (Phi) is 4.17. The van der Waals surface area contributed by atoms with Gasteiger partial charge in [-0.2, -0.15) is 0 Å². The Hall–Kier alpha value is -0.800. The van der Waals surface area contributed by atoms with E-state index in [0.29, 0.717) is 17.3 Å². The van der Waals surface area contributed by atoms with E-state index in [-0.39, 0.29) is 5.82 Å². The molecule has 0 atom stereocenters. The lowest BCUT2D eigenvalue weighted by molar-refractivity contribution is 0.425. The number of hydrogen-bond donors (Lipinski definition) is 1. The SMILES string of the molecule is CN(C)CCNc1c(F)cccc1Cl. The molecule has 1 N–H and O–H groups in total. The Morgan fingerprint density at radius 2 is 2.14 bits per heavy atom. The first kappa shape index (κ1) is 11.3. The summed E-state index contributed by atoms with van der Waals surface area (Å²) >= 11 is 5.83. The molecule has 0 fully saturated rings. The molecule has 0 spiro atoms. The van der Waals surface area contributed by atoms with Crippen molar-refractivity contribution in [1.82, 2.24) is 4.90 Å². The van der Waals surface area contributed by atoms with Gasteiger partial charge in [0.25, 0.3) is 0 Å². The fraction of sp³-hybridized carbons (Fsp3) is 0.400. The highest BCUT2D eigenvalue weighted by Crippen LogP contribution is 2.23. The molecular weight excluding hydrogens is 203 g/mol. The smallest absolute Gasteiger partial charge is 0.147 e. The van der Waals surface area contributed by atoms with Gasteiger partial charge in [-0.25, -0.2) is 4.39 Å². The summed E-state index contributed by atoms with van der Waals surface area (Å²) in [6.45, 7) is 1.51. The summed E-state index contributed by atoms with van der Waals surface area (Å²) in [4.78, 5) is 2.02. The van der Waals surface area contributed by atoms with Gasteiger partial charge in [-0.05, 0) is 26.2 Å². The van der Waals surface area contributed by atoms with Crippen molar-refractivity contribution in [1.29, 1.82) is 0 Å². The molecule has 0 bridgehead atoms. The molecule has 0 amide bonds. The summed E-state index contributed by atoms with van der Waals surface area (Å²) in [5.41, 5.74) is 0.385. The third-order valence-electron chi connectivity index (χ3n) is 1.82. The summed E-state index contributed by atoms with van der Waals surface area (Å²) in [5.74, 6) is -0.309. The lowest BCUT2D eigenvalue weighted by atomic mass is 10.3. The highest BCUT2D eigenvalue weighted by molar-refractivity contribution is 6.33. The minimum atomic E-state index is -0.309. The maximum Gasteiger partial charge on any atom is 0.147 e. The van der Waals surface area contributed by atoms with Gasteiger partial charge >= 0.3 is 0 Å². The number of para-hydroxylation sites is 1. The number of hydrogen-bond acceptors (Lipinski definition) is 2. The average Bonchev–Trinajstić information content (AvgIpc) is 2.09. The van der Waals surface area contributed by atoms with E-state index in [1.165, 1.54) is 6.07 Å². The van der Waals surface area contributed by atoms with Gasteiger partial charge in [0.1, 0.15) is 5.82 Å². The minimum absolute atomic E-state index is 0.309. The van der Waals surface area contributed by atoms with E-state index in [4.69, 9.17) is 11.6 Å². The van der Waals surface area contributed by atoms with E-state index in [1.807, 2.05) is 19.0 Å². The van der Waals surface area contributed by atoms with Crippen molar-refractivity contribution in [2.45, 2.75) is 0 Å². The van der Waals surface area contributed by atoms with Crippen LogP contribution in [0.5, 0.6) is 0 Å². The van der Waals surface area contributed by atoms with Crippen molar-refractivity contribution in [2.75, 3.05) is 32.5 Å². The quantitative estimate of drug-likeness (QED) is 0.832. The number of rotatable bonds is 4. The van der Waals surface area contributed by atoms with Gasteiger partial charge in [-0.3, -0.25) is 0 Å². The van der Waals surface area contributed by atoms with E-state index in [2.05, 4.69) is 5.32 Å². The summed E-state index contributed by atoms with van der Waals surface area (Å²) in [7, 11) is 3.93. The Morgan fingerprint density at radius 1 is 1.43 bits per heavy atom. The second kappa shape index (κ2) is 5.17. The molecule has 0 aromatic heterocycles. The highest BCUT2D eigenvalue weighted by Gasteiger charge is 2.05. The first-order valence-corrected chi connectivity index (χ1v) is 4.81. The van der Waals surface area contributed by atoms with Crippen LogP contribution >= 0.6 is 11.6 Å². The summed E-state index contributed by atoms with van der Waals surface area (Å²) in [6.07, 6.45) is 0. The second-order valence-electron chi connectivity index (χ2n) is 3.33. The minimum Gasteiger partial charge on any atom is -0.380 e. The van der Waals surface area contributed by atoms with E-state index in [9.17, 15) is 4.39 Å². The molecule has 78 valence electrons. The van der Waals surface area contributed by atoms with Crippen molar-refractivity contribution >= 4 is 17.3 Å². The highest BCUT2D eigenvalue weighted by atomic mass is 35.5. The van der Waals surface area contributed by atoms with Gasteiger partial charge in [0.2, 0.25) is 0 Å². The van der Waals surface area contributed by atoms with Crippen molar-refractivity contribution in [3.63, 3.8) is 0 Å². The average molecular weight is 217 g/mol. The van der Waals surface area contributed by atoms with Crippen LogP contribution < -0.4 is 5.32 Å². The fourth-order valence-electron chi connectivity index (χ4n) is 1.07. The van der Waals surface area contributed by atoms with Gasteiger partial charge in [0.15, 0.2) is 0 Å². The van der Waals surface area contributed by atoms with Gasteiger partial charge in [0.05, 0.1) is 10.7 Å². The summed E-state index contributed by atoms with van der Waals surface area (Å²) in [6, 6.07) is 4.65. The maximum absolute atomic E-state index is 13.2. The zero-order valence-electron chi connectivity index (χ0n) is 8.35. The molecule has 0 unspecified atom stereocenters. The van der Waals surface area contributed by atoms with Gasteiger partial charge in [0, 0.05) is 13.1 Å². The Labute approximate surface area is 88.7 Å².